The Morgan fingerprint density at radius 2 is 1.52 bits per heavy atom. The Labute approximate surface area is 116 Å². The second kappa shape index (κ2) is 5.66. The standard InChI is InChI=1S/C14H8F3NO3/c15-7-2-4-12(10(5-7)14(20)21)18-13(19)9-3-1-8(16)6-11(9)17/h1-6H,(H,18,19)(H,20,21). The molecule has 0 bridgehead atoms. The minimum absolute atomic E-state index is 0.197. The maximum Gasteiger partial charge on any atom is 0.337 e. The van der Waals surface area contributed by atoms with Crippen LogP contribution < -0.4 is 5.32 Å². The Balaban J connectivity index is 2.34. The fraction of sp³-hybridized carbons (Fsp3) is 0. The first kappa shape index (κ1) is 14.6. The lowest BCUT2D eigenvalue weighted by Crippen LogP contribution is -2.16. The molecule has 2 N–H and O–H groups in total. The van der Waals surface area contributed by atoms with E-state index in [9.17, 15) is 22.8 Å². The number of carbonyl (C=O) groups is 2. The SMILES string of the molecule is O=C(Nc1ccc(F)cc1C(=O)O)c1ccc(F)cc1F. The van der Waals surface area contributed by atoms with Crippen molar-refractivity contribution in [2.24, 2.45) is 0 Å². The molecule has 0 unspecified atom stereocenters. The van der Waals surface area contributed by atoms with Gasteiger partial charge < -0.3 is 10.4 Å². The number of amides is 1. The lowest BCUT2D eigenvalue weighted by Gasteiger charge is -2.09. The molecule has 0 radical (unpaired) electrons. The van der Waals surface area contributed by atoms with Gasteiger partial charge in [0.2, 0.25) is 0 Å². The number of anilines is 1. The normalized spacial score (nSPS) is 10.2. The summed E-state index contributed by atoms with van der Waals surface area (Å²) in [4.78, 5) is 22.8. The first-order valence-corrected chi connectivity index (χ1v) is 5.67. The van der Waals surface area contributed by atoms with E-state index in [0.717, 1.165) is 30.3 Å². The Morgan fingerprint density at radius 1 is 0.905 bits per heavy atom. The van der Waals surface area contributed by atoms with Crippen molar-refractivity contribution in [1.82, 2.24) is 0 Å². The van der Waals surface area contributed by atoms with Crippen LogP contribution in [0, 0.1) is 17.5 Å². The Morgan fingerprint density at radius 3 is 2.14 bits per heavy atom. The van der Waals surface area contributed by atoms with Gasteiger partial charge >= 0.3 is 5.97 Å². The number of carboxylic acids is 1. The summed E-state index contributed by atoms with van der Waals surface area (Å²) in [6.45, 7) is 0. The Bertz CT molecular complexity index is 731. The minimum Gasteiger partial charge on any atom is -0.478 e. The molecule has 0 heterocycles. The monoisotopic (exact) mass is 295 g/mol. The number of aromatic carboxylic acids is 1. The highest BCUT2D eigenvalue weighted by atomic mass is 19.1. The summed E-state index contributed by atoms with van der Waals surface area (Å²) in [6, 6.07) is 5.04. The van der Waals surface area contributed by atoms with Crippen molar-refractivity contribution >= 4 is 17.6 Å². The molecular weight excluding hydrogens is 287 g/mol. The van der Waals surface area contributed by atoms with E-state index in [0.29, 0.717) is 6.07 Å². The van der Waals surface area contributed by atoms with Crippen molar-refractivity contribution in [2.75, 3.05) is 5.32 Å². The molecule has 2 rings (SSSR count). The molecule has 0 spiro atoms. The minimum atomic E-state index is -1.45. The molecule has 1 amide bonds. The van der Waals surface area contributed by atoms with Gasteiger partial charge in [-0.15, -0.1) is 0 Å². The van der Waals surface area contributed by atoms with Crippen molar-refractivity contribution in [3.63, 3.8) is 0 Å². The topological polar surface area (TPSA) is 66.4 Å². The van der Waals surface area contributed by atoms with Crippen LogP contribution in [0.25, 0.3) is 0 Å². The second-order valence-electron chi connectivity index (χ2n) is 4.07. The van der Waals surface area contributed by atoms with E-state index in [4.69, 9.17) is 5.11 Å². The maximum absolute atomic E-state index is 13.4. The van der Waals surface area contributed by atoms with Gasteiger partial charge in [-0.05, 0) is 30.3 Å². The van der Waals surface area contributed by atoms with Crippen LogP contribution in [-0.4, -0.2) is 17.0 Å². The lowest BCUT2D eigenvalue weighted by molar-refractivity contribution is 0.0697. The fourth-order valence-electron chi connectivity index (χ4n) is 1.67. The van der Waals surface area contributed by atoms with Gasteiger partial charge in [0.15, 0.2) is 0 Å². The van der Waals surface area contributed by atoms with Gasteiger partial charge in [-0.3, -0.25) is 4.79 Å². The first-order valence-electron chi connectivity index (χ1n) is 5.67. The largest absolute Gasteiger partial charge is 0.478 e. The molecule has 7 heteroatoms. The average molecular weight is 295 g/mol. The zero-order chi connectivity index (χ0) is 15.6. The molecule has 21 heavy (non-hydrogen) atoms. The lowest BCUT2D eigenvalue weighted by atomic mass is 10.1. The van der Waals surface area contributed by atoms with E-state index >= 15 is 0 Å². The van der Waals surface area contributed by atoms with Gasteiger partial charge in [0.05, 0.1) is 16.8 Å². The Kier molecular flexibility index (Phi) is 3.93. The molecule has 4 nitrogen and oxygen atoms in total. The van der Waals surface area contributed by atoms with Crippen LogP contribution in [0.15, 0.2) is 36.4 Å². The molecule has 0 saturated carbocycles. The number of carboxylic acid groups (broad SMARTS) is 1. The molecule has 108 valence electrons. The van der Waals surface area contributed by atoms with Gasteiger partial charge in [-0.2, -0.15) is 0 Å². The average Bonchev–Trinajstić information content (AvgIpc) is 2.40. The van der Waals surface area contributed by atoms with Crippen LogP contribution in [-0.2, 0) is 0 Å². The van der Waals surface area contributed by atoms with Crippen LogP contribution in [0.5, 0.6) is 0 Å². The maximum atomic E-state index is 13.4. The van der Waals surface area contributed by atoms with E-state index < -0.39 is 40.5 Å². The van der Waals surface area contributed by atoms with Gasteiger partial charge in [-0.25, -0.2) is 18.0 Å². The molecule has 0 fully saturated rings. The zero-order valence-corrected chi connectivity index (χ0v) is 10.4. The molecular formula is C14H8F3NO3. The number of nitrogens with one attached hydrogen (secondary N) is 1. The summed E-state index contributed by atoms with van der Waals surface area (Å²) >= 11 is 0. The van der Waals surface area contributed by atoms with Crippen molar-refractivity contribution in [1.29, 1.82) is 0 Å². The smallest absolute Gasteiger partial charge is 0.337 e. The Hall–Kier alpha value is -2.83. The van der Waals surface area contributed by atoms with Crippen molar-refractivity contribution in [2.45, 2.75) is 0 Å². The van der Waals surface area contributed by atoms with E-state index in [1.165, 1.54) is 0 Å². The first-order chi connectivity index (χ1) is 9.88. The van der Waals surface area contributed by atoms with Crippen molar-refractivity contribution in [3.8, 4) is 0 Å². The molecule has 0 atom stereocenters. The van der Waals surface area contributed by atoms with E-state index in [1.54, 1.807) is 0 Å². The second-order valence-corrected chi connectivity index (χ2v) is 4.07. The van der Waals surface area contributed by atoms with Gasteiger partial charge in [0.25, 0.3) is 5.91 Å². The highest BCUT2D eigenvalue weighted by molar-refractivity contribution is 6.07. The predicted octanol–water partition coefficient (Wildman–Crippen LogP) is 3.05. The van der Waals surface area contributed by atoms with Crippen LogP contribution in [0.1, 0.15) is 20.7 Å². The summed E-state index contributed by atoms with van der Waals surface area (Å²) in [5, 5.41) is 11.1. The number of rotatable bonds is 3. The van der Waals surface area contributed by atoms with Crippen LogP contribution in [0.4, 0.5) is 18.9 Å². The summed E-state index contributed by atoms with van der Waals surface area (Å²) in [6.07, 6.45) is 0. The highest BCUT2D eigenvalue weighted by Gasteiger charge is 2.17. The molecule has 2 aromatic carbocycles. The summed E-state index contributed by atoms with van der Waals surface area (Å²) < 4.78 is 39.2. The number of benzene rings is 2. The number of carbonyl (C=O) groups excluding carboxylic acids is 1. The number of hydrogen-bond donors (Lipinski definition) is 2. The molecule has 0 aromatic heterocycles. The quantitative estimate of drug-likeness (QED) is 0.914. The molecule has 0 aliphatic carbocycles. The number of hydrogen-bond acceptors (Lipinski definition) is 2. The van der Waals surface area contributed by atoms with Crippen LogP contribution >= 0.6 is 0 Å². The molecule has 0 aliphatic rings. The third-order valence-electron chi connectivity index (χ3n) is 2.64. The van der Waals surface area contributed by atoms with Gasteiger partial charge in [0.1, 0.15) is 17.5 Å². The van der Waals surface area contributed by atoms with Gasteiger partial charge in [-0.1, -0.05) is 0 Å². The summed E-state index contributed by atoms with van der Waals surface area (Å²) in [7, 11) is 0. The molecule has 2 aromatic rings. The van der Waals surface area contributed by atoms with Crippen LogP contribution in [0.3, 0.4) is 0 Å². The van der Waals surface area contributed by atoms with E-state index in [-0.39, 0.29) is 5.69 Å². The third kappa shape index (κ3) is 3.19. The zero-order valence-electron chi connectivity index (χ0n) is 10.4. The van der Waals surface area contributed by atoms with Crippen molar-refractivity contribution < 1.29 is 27.9 Å². The van der Waals surface area contributed by atoms with E-state index in [1.807, 2.05) is 0 Å². The number of halogens is 3. The molecule has 0 saturated heterocycles. The van der Waals surface area contributed by atoms with Crippen LogP contribution in [0.2, 0.25) is 0 Å². The predicted molar refractivity (Wildman–Crippen MR) is 67.7 cm³/mol. The highest BCUT2D eigenvalue weighted by Crippen LogP contribution is 2.19. The van der Waals surface area contributed by atoms with Crippen molar-refractivity contribution in [3.05, 3.63) is 65.0 Å². The fourth-order valence-corrected chi connectivity index (χ4v) is 1.67. The van der Waals surface area contributed by atoms with Gasteiger partial charge in [0, 0.05) is 6.07 Å². The van der Waals surface area contributed by atoms with E-state index in [2.05, 4.69) is 5.32 Å². The summed E-state index contributed by atoms with van der Waals surface area (Å²) in [5.41, 5.74) is -1.14. The molecule has 0 aliphatic heterocycles. The summed E-state index contributed by atoms with van der Waals surface area (Å²) in [5.74, 6) is -5.16. The third-order valence-corrected chi connectivity index (χ3v) is 2.64.